The number of carbonyl (C=O) groups excluding carboxylic acids is 4. The summed E-state index contributed by atoms with van der Waals surface area (Å²) in [7, 11) is 0. The fourth-order valence-corrected chi connectivity index (χ4v) is 8.15. The maximum Gasteiger partial charge on any atom is 0.302 e. The van der Waals surface area contributed by atoms with Gasteiger partial charge in [-0.1, -0.05) is 64.6 Å². The van der Waals surface area contributed by atoms with Crippen molar-refractivity contribution in [1.82, 2.24) is 35.6 Å². The number of carbonyl (C=O) groups is 4. The fourth-order valence-electron chi connectivity index (χ4n) is 7.34. The van der Waals surface area contributed by atoms with Crippen molar-refractivity contribution in [1.29, 1.82) is 0 Å². The van der Waals surface area contributed by atoms with Gasteiger partial charge in [0.15, 0.2) is 5.82 Å². The number of aromatic hydroxyl groups is 1. The number of phenolic OH excluding ortho intramolecular Hbond substituents is 1. The Morgan fingerprint density at radius 2 is 1.71 bits per heavy atom. The van der Waals surface area contributed by atoms with Crippen LogP contribution in [0.5, 0.6) is 5.75 Å². The van der Waals surface area contributed by atoms with E-state index >= 15 is 0 Å². The molecule has 2 aromatic carbocycles. The van der Waals surface area contributed by atoms with E-state index in [0.717, 1.165) is 21.7 Å². The quantitative estimate of drug-likeness (QED) is 0.154. The van der Waals surface area contributed by atoms with Crippen LogP contribution in [0.1, 0.15) is 65.8 Å². The number of esters is 1. The molecule has 58 heavy (non-hydrogen) atoms. The second-order valence-corrected chi connectivity index (χ2v) is 16.6. The second-order valence-electron chi connectivity index (χ2n) is 15.7. The van der Waals surface area contributed by atoms with Crippen LogP contribution in [0.3, 0.4) is 0 Å². The Kier molecular flexibility index (Phi) is 13.7. The zero-order valence-electron chi connectivity index (χ0n) is 33.2. The van der Waals surface area contributed by atoms with Crippen molar-refractivity contribution in [2.45, 2.75) is 79.6 Å². The van der Waals surface area contributed by atoms with Crippen molar-refractivity contribution in [2.75, 3.05) is 49.9 Å². The number of hydrogen-bond acceptors (Lipinski definition) is 13. The first-order valence-corrected chi connectivity index (χ1v) is 19.9. The van der Waals surface area contributed by atoms with Crippen LogP contribution in [0.25, 0.3) is 21.7 Å². The first-order chi connectivity index (χ1) is 27.1. The lowest BCUT2D eigenvalue weighted by atomic mass is 9.85. The number of phenols is 1. The summed E-state index contributed by atoms with van der Waals surface area (Å²) in [5.74, 6) is -1.27. The number of hydrogen-bond donors (Lipinski definition) is 4. The van der Waals surface area contributed by atoms with Gasteiger partial charge in [0.1, 0.15) is 23.9 Å². The lowest BCUT2D eigenvalue weighted by molar-refractivity contribution is -0.147. The molecular formula is C42H55N9O6S. The number of aryl methyl sites for hydroxylation is 1. The van der Waals surface area contributed by atoms with E-state index in [0.29, 0.717) is 43.1 Å². The predicted molar refractivity (Wildman–Crippen MR) is 225 cm³/mol. The SMILES string of the molecule is C.CC(=O)O[C@@H]1C[C@@H](C(=O)N[C@@H](C)c2ccc(-c3scnc3C)cc2)N(C(=O)[C@@H](NC(=O)CN2CCN(c3cc(-c4ccccc4O)nnc3N)CC2)C(C)(C)C)C1. The van der Waals surface area contributed by atoms with Gasteiger partial charge in [-0.25, -0.2) is 4.98 Å². The molecule has 0 bridgehead atoms. The van der Waals surface area contributed by atoms with Crippen LogP contribution in [-0.2, 0) is 23.9 Å². The zero-order valence-corrected chi connectivity index (χ0v) is 34.0. The highest BCUT2D eigenvalue weighted by Crippen LogP contribution is 2.33. The Hall–Kier alpha value is -5.61. The first kappa shape index (κ1) is 43.5. The molecule has 0 aliphatic carbocycles. The van der Waals surface area contributed by atoms with Gasteiger partial charge in [0, 0.05) is 45.1 Å². The van der Waals surface area contributed by atoms with Crippen molar-refractivity contribution in [3.05, 3.63) is 71.4 Å². The van der Waals surface area contributed by atoms with Crippen molar-refractivity contribution in [3.8, 4) is 27.4 Å². The Labute approximate surface area is 344 Å². The Morgan fingerprint density at radius 3 is 2.33 bits per heavy atom. The number of aromatic nitrogens is 3. The third-order valence-electron chi connectivity index (χ3n) is 10.4. The average molecular weight is 814 g/mol. The maximum atomic E-state index is 14.4. The van der Waals surface area contributed by atoms with Gasteiger partial charge >= 0.3 is 5.97 Å². The van der Waals surface area contributed by atoms with Gasteiger partial charge in [-0.2, -0.15) is 0 Å². The number of thiazole rings is 1. The highest BCUT2D eigenvalue weighted by Gasteiger charge is 2.46. The number of rotatable bonds is 11. The number of likely N-dealkylation sites (tertiary alicyclic amines) is 1. The number of nitrogens with zero attached hydrogens (tertiary/aromatic N) is 6. The first-order valence-electron chi connectivity index (χ1n) is 19.1. The molecule has 310 valence electrons. The molecule has 6 rings (SSSR count). The summed E-state index contributed by atoms with van der Waals surface area (Å²) in [6, 6.07) is 14.4. The Balaban J connectivity index is 0.00000641. The molecule has 2 fully saturated rings. The molecule has 5 N–H and O–H groups in total. The fraction of sp³-hybridized carbons (Fsp3) is 0.452. The van der Waals surface area contributed by atoms with E-state index in [-0.39, 0.29) is 56.4 Å². The summed E-state index contributed by atoms with van der Waals surface area (Å²) in [6.45, 7) is 13.0. The topological polar surface area (TPSA) is 196 Å². The summed E-state index contributed by atoms with van der Waals surface area (Å²) in [4.78, 5) is 64.8. The highest BCUT2D eigenvalue weighted by molar-refractivity contribution is 7.13. The predicted octanol–water partition coefficient (Wildman–Crippen LogP) is 4.56. The summed E-state index contributed by atoms with van der Waals surface area (Å²) in [5, 5.41) is 24.7. The molecule has 0 saturated carbocycles. The highest BCUT2D eigenvalue weighted by atomic mass is 32.1. The van der Waals surface area contributed by atoms with Crippen LogP contribution in [0.4, 0.5) is 11.5 Å². The van der Waals surface area contributed by atoms with Crippen LogP contribution in [-0.4, -0.2) is 111 Å². The normalized spacial score (nSPS) is 18.2. The van der Waals surface area contributed by atoms with Gasteiger partial charge in [0.05, 0.1) is 46.6 Å². The Morgan fingerprint density at radius 1 is 1.02 bits per heavy atom. The van der Waals surface area contributed by atoms with Crippen molar-refractivity contribution < 1.29 is 29.0 Å². The summed E-state index contributed by atoms with van der Waals surface area (Å²) < 4.78 is 5.51. The third kappa shape index (κ3) is 10.1. The molecule has 2 aliphatic rings. The minimum atomic E-state index is -0.964. The standard InChI is InChI=1S/C41H51N9O6S.CH4/c1-24(27-11-13-28(14-12-27)36-25(2)43-23-57-36)44-39(54)33-19-29(56-26(3)51)21-50(33)40(55)37(41(4,5)6)45-35(53)22-48-15-17-49(18-16-48)32-20-31(46-47-38(32)42)30-9-7-8-10-34(30)52;/h7-14,20,23-24,29,33,37,52H,15-19,21-22H2,1-6H3,(H2,42,47)(H,44,54)(H,45,53);1H4/t24-,29+,33-,37+;/m0./s1. The van der Waals surface area contributed by atoms with E-state index < -0.39 is 35.5 Å². The van der Waals surface area contributed by atoms with Crippen LogP contribution in [0, 0.1) is 12.3 Å². The molecule has 0 unspecified atom stereocenters. The molecule has 2 aromatic heterocycles. The van der Waals surface area contributed by atoms with Crippen molar-refractivity contribution >= 4 is 46.5 Å². The van der Waals surface area contributed by atoms with Gasteiger partial charge < -0.3 is 36.0 Å². The van der Waals surface area contributed by atoms with E-state index in [9.17, 15) is 24.3 Å². The van der Waals surface area contributed by atoms with Gasteiger partial charge in [0.25, 0.3) is 0 Å². The molecule has 4 aromatic rings. The van der Waals surface area contributed by atoms with E-state index in [1.807, 2.05) is 75.4 Å². The third-order valence-corrected chi connectivity index (χ3v) is 11.4. The second kappa shape index (κ2) is 18.3. The number of amides is 3. The monoisotopic (exact) mass is 813 g/mol. The van der Waals surface area contributed by atoms with Gasteiger partial charge in [-0.3, -0.25) is 24.1 Å². The summed E-state index contributed by atoms with van der Waals surface area (Å²) >= 11 is 1.57. The van der Waals surface area contributed by atoms with Crippen LogP contribution < -0.4 is 21.3 Å². The Bertz CT molecular complexity index is 2090. The maximum absolute atomic E-state index is 14.4. The van der Waals surface area contributed by atoms with Gasteiger partial charge in [-0.15, -0.1) is 21.5 Å². The van der Waals surface area contributed by atoms with Crippen LogP contribution in [0.2, 0.25) is 0 Å². The van der Waals surface area contributed by atoms with Gasteiger partial charge in [0.2, 0.25) is 17.7 Å². The summed E-state index contributed by atoms with van der Waals surface area (Å²) in [6.07, 6.45) is -0.542. The molecule has 2 saturated heterocycles. The minimum Gasteiger partial charge on any atom is -0.507 e. The minimum absolute atomic E-state index is 0. The number of para-hydroxylation sites is 1. The van der Waals surface area contributed by atoms with Gasteiger partial charge in [-0.05, 0) is 48.6 Å². The number of nitrogens with one attached hydrogen (secondary N) is 2. The summed E-state index contributed by atoms with van der Waals surface area (Å²) in [5.41, 5.74) is 11.9. The zero-order chi connectivity index (χ0) is 41.0. The largest absolute Gasteiger partial charge is 0.507 e. The number of benzene rings is 2. The molecular weight excluding hydrogens is 759 g/mol. The van der Waals surface area contributed by atoms with E-state index in [1.165, 1.54) is 11.8 Å². The number of piperazine rings is 1. The van der Waals surface area contributed by atoms with Crippen molar-refractivity contribution in [3.63, 3.8) is 0 Å². The lowest BCUT2D eigenvalue weighted by Crippen LogP contribution is -2.59. The smallest absolute Gasteiger partial charge is 0.302 e. The number of nitrogens with two attached hydrogens (primary N) is 1. The molecule has 3 amide bonds. The molecule has 15 nitrogen and oxygen atoms in total. The van der Waals surface area contributed by atoms with E-state index in [4.69, 9.17) is 10.5 Å². The lowest BCUT2D eigenvalue weighted by Gasteiger charge is -2.38. The van der Waals surface area contributed by atoms with Crippen LogP contribution >= 0.6 is 11.3 Å². The van der Waals surface area contributed by atoms with Crippen molar-refractivity contribution in [2.24, 2.45) is 5.41 Å². The molecule has 4 atom stereocenters. The number of ether oxygens (including phenoxy) is 1. The number of nitrogen functional groups attached to an aromatic ring is 1. The number of anilines is 2. The molecule has 2 aliphatic heterocycles. The van der Waals surface area contributed by atoms with E-state index in [1.54, 1.807) is 35.6 Å². The average Bonchev–Trinajstić information content (AvgIpc) is 3.80. The molecule has 4 heterocycles. The van der Waals surface area contributed by atoms with E-state index in [2.05, 4.69) is 30.7 Å². The molecule has 0 spiro atoms. The van der Waals surface area contributed by atoms with Crippen LogP contribution in [0.15, 0.2) is 60.1 Å². The molecule has 16 heteroatoms. The molecule has 0 radical (unpaired) electrons.